The van der Waals surface area contributed by atoms with Gasteiger partial charge in [-0.3, -0.25) is 9.59 Å². The molecule has 4 heteroatoms. The van der Waals surface area contributed by atoms with E-state index in [1.165, 1.54) is 12.5 Å². The van der Waals surface area contributed by atoms with Crippen molar-refractivity contribution in [1.82, 2.24) is 0 Å². The van der Waals surface area contributed by atoms with Crippen molar-refractivity contribution in [3.8, 4) is 0 Å². The largest absolute Gasteiger partial charge is 0.326 e. The first-order chi connectivity index (χ1) is 10.6. The first-order valence-corrected chi connectivity index (χ1v) is 7.34. The van der Waals surface area contributed by atoms with Crippen LogP contribution in [0.15, 0.2) is 48.5 Å². The number of amides is 2. The van der Waals surface area contributed by atoms with E-state index in [1.54, 1.807) is 24.3 Å². The van der Waals surface area contributed by atoms with Crippen molar-refractivity contribution < 1.29 is 9.59 Å². The molecule has 0 saturated carbocycles. The number of nitrogens with zero attached hydrogens (tertiary/aromatic N) is 1. The van der Waals surface area contributed by atoms with Crippen LogP contribution in [0.4, 0.5) is 11.4 Å². The first-order valence-electron chi connectivity index (χ1n) is 7.34. The molecule has 1 N–H and O–H groups in total. The van der Waals surface area contributed by atoms with E-state index < -0.39 is 0 Å². The lowest BCUT2D eigenvalue weighted by Crippen LogP contribution is -2.29. The van der Waals surface area contributed by atoms with Gasteiger partial charge < -0.3 is 10.2 Å². The molecule has 0 fully saturated rings. The molecular weight excluding hydrogens is 276 g/mol. The maximum Gasteiger partial charge on any atom is 0.258 e. The summed E-state index contributed by atoms with van der Waals surface area (Å²) in [6.07, 6.45) is 0. The van der Waals surface area contributed by atoms with Crippen LogP contribution in [0, 0.1) is 0 Å². The fraction of sp³-hybridized carbons (Fsp3) is 0.222. The van der Waals surface area contributed by atoms with Gasteiger partial charge in [-0.05, 0) is 35.9 Å². The van der Waals surface area contributed by atoms with Gasteiger partial charge in [0.2, 0.25) is 5.91 Å². The summed E-state index contributed by atoms with van der Waals surface area (Å²) in [4.78, 5) is 25.6. The van der Waals surface area contributed by atoms with Gasteiger partial charge in [0.1, 0.15) is 0 Å². The van der Waals surface area contributed by atoms with Crippen LogP contribution in [0.3, 0.4) is 0 Å². The molecule has 0 radical (unpaired) electrons. The highest BCUT2D eigenvalue weighted by Crippen LogP contribution is 2.36. The molecule has 1 aliphatic heterocycles. The van der Waals surface area contributed by atoms with Gasteiger partial charge in [-0.15, -0.1) is 0 Å². The topological polar surface area (TPSA) is 49.4 Å². The summed E-state index contributed by atoms with van der Waals surface area (Å²) in [5.41, 5.74) is 3.52. The number of hydrogen-bond donors (Lipinski definition) is 1. The number of hydrogen-bond acceptors (Lipinski definition) is 2. The minimum absolute atomic E-state index is 0.00817. The number of anilines is 2. The second-order valence-corrected chi connectivity index (χ2v) is 5.63. The van der Waals surface area contributed by atoms with E-state index >= 15 is 0 Å². The molecule has 22 heavy (non-hydrogen) atoms. The van der Waals surface area contributed by atoms with E-state index in [9.17, 15) is 9.59 Å². The zero-order valence-corrected chi connectivity index (χ0v) is 12.7. The highest BCUT2D eigenvalue weighted by molar-refractivity contribution is 6.07. The minimum atomic E-state index is -0.124. The molecule has 0 bridgehead atoms. The van der Waals surface area contributed by atoms with E-state index in [2.05, 4.69) is 18.3 Å². The molecule has 0 aliphatic carbocycles. The molecule has 0 spiro atoms. The number of fused-ring (bicyclic) bond motifs is 1. The van der Waals surface area contributed by atoms with E-state index in [-0.39, 0.29) is 11.8 Å². The Morgan fingerprint density at radius 2 is 1.77 bits per heavy atom. The fourth-order valence-corrected chi connectivity index (χ4v) is 2.87. The molecular formula is C18H18N2O2. The van der Waals surface area contributed by atoms with Crippen molar-refractivity contribution in [2.45, 2.75) is 19.8 Å². The monoisotopic (exact) mass is 294 g/mol. The zero-order chi connectivity index (χ0) is 15.7. The van der Waals surface area contributed by atoms with E-state index in [4.69, 9.17) is 0 Å². The average Bonchev–Trinajstić information content (AvgIpc) is 2.84. The summed E-state index contributed by atoms with van der Waals surface area (Å²) in [6, 6.07) is 15.0. The summed E-state index contributed by atoms with van der Waals surface area (Å²) < 4.78 is 0. The van der Waals surface area contributed by atoms with Gasteiger partial charge in [0, 0.05) is 36.3 Å². The predicted octanol–water partition coefficient (Wildman–Crippen LogP) is 3.41. The maximum absolute atomic E-state index is 12.7. The van der Waals surface area contributed by atoms with Crippen LogP contribution >= 0.6 is 0 Å². The minimum Gasteiger partial charge on any atom is -0.326 e. The van der Waals surface area contributed by atoms with Gasteiger partial charge in [-0.1, -0.05) is 25.1 Å². The molecule has 1 atom stereocenters. The highest BCUT2D eigenvalue weighted by atomic mass is 16.2. The summed E-state index contributed by atoms with van der Waals surface area (Å²) in [6.45, 7) is 4.29. The second-order valence-electron chi connectivity index (χ2n) is 5.63. The van der Waals surface area contributed by atoms with Gasteiger partial charge >= 0.3 is 0 Å². The highest BCUT2D eigenvalue weighted by Gasteiger charge is 2.29. The first kappa shape index (κ1) is 14.3. The Kier molecular flexibility index (Phi) is 3.67. The molecule has 1 unspecified atom stereocenters. The Labute approximate surface area is 129 Å². The van der Waals surface area contributed by atoms with Crippen molar-refractivity contribution in [3.63, 3.8) is 0 Å². The standard InChI is InChI=1S/C18H18N2O2/c1-12-11-20(17-6-4-3-5-16(12)17)18(22)14-7-9-15(10-8-14)19-13(2)21/h3-10,12H,11H2,1-2H3,(H,19,21). The van der Waals surface area contributed by atoms with Gasteiger partial charge in [0.25, 0.3) is 5.91 Å². The molecule has 1 aliphatic rings. The fourth-order valence-electron chi connectivity index (χ4n) is 2.87. The molecule has 2 aromatic carbocycles. The Morgan fingerprint density at radius 3 is 2.45 bits per heavy atom. The van der Waals surface area contributed by atoms with Crippen LogP contribution in [0.25, 0.3) is 0 Å². The number of benzene rings is 2. The molecule has 2 aromatic rings. The number of para-hydroxylation sites is 1. The van der Waals surface area contributed by atoms with E-state index in [1.807, 2.05) is 23.1 Å². The lowest BCUT2D eigenvalue weighted by atomic mass is 10.0. The number of rotatable bonds is 2. The molecule has 2 amide bonds. The van der Waals surface area contributed by atoms with Crippen LogP contribution in [0.1, 0.15) is 35.7 Å². The van der Waals surface area contributed by atoms with Gasteiger partial charge in [-0.25, -0.2) is 0 Å². The summed E-state index contributed by atoms with van der Waals surface area (Å²) in [5.74, 6) is 0.214. The van der Waals surface area contributed by atoms with Crippen LogP contribution in [0.5, 0.6) is 0 Å². The molecule has 4 nitrogen and oxygen atoms in total. The summed E-state index contributed by atoms with van der Waals surface area (Å²) in [5, 5.41) is 2.70. The Hall–Kier alpha value is -2.62. The summed E-state index contributed by atoms with van der Waals surface area (Å²) >= 11 is 0. The number of carbonyl (C=O) groups excluding carboxylic acids is 2. The Balaban J connectivity index is 1.84. The van der Waals surface area contributed by atoms with E-state index in [0.717, 1.165) is 5.69 Å². The van der Waals surface area contributed by atoms with Gasteiger partial charge in [0.05, 0.1) is 0 Å². The van der Waals surface area contributed by atoms with Crippen LogP contribution in [-0.4, -0.2) is 18.4 Å². The molecule has 0 aromatic heterocycles. The lowest BCUT2D eigenvalue weighted by molar-refractivity contribution is -0.114. The third kappa shape index (κ3) is 2.60. The van der Waals surface area contributed by atoms with Crippen molar-refractivity contribution in [2.75, 3.05) is 16.8 Å². The quantitative estimate of drug-likeness (QED) is 0.922. The molecule has 1 heterocycles. The second kappa shape index (κ2) is 5.64. The smallest absolute Gasteiger partial charge is 0.258 e. The number of nitrogens with one attached hydrogen (secondary N) is 1. The van der Waals surface area contributed by atoms with Crippen molar-refractivity contribution in [1.29, 1.82) is 0 Å². The van der Waals surface area contributed by atoms with Crippen molar-refractivity contribution >= 4 is 23.2 Å². The van der Waals surface area contributed by atoms with Gasteiger partial charge in [-0.2, -0.15) is 0 Å². The average molecular weight is 294 g/mol. The van der Waals surface area contributed by atoms with Gasteiger partial charge in [0.15, 0.2) is 0 Å². The van der Waals surface area contributed by atoms with Crippen molar-refractivity contribution in [2.24, 2.45) is 0 Å². The van der Waals surface area contributed by atoms with Crippen molar-refractivity contribution in [3.05, 3.63) is 59.7 Å². The summed E-state index contributed by atoms with van der Waals surface area (Å²) in [7, 11) is 0. The Morgan fingerprint density at radius 1 is 1.09 bits per heavy atom. The van der Waals surface area contributed by atoms with Crippen LogP contribution in [0.2, 0.25) is 0 Å². The third-order valence-corrected chi connectivity index (χ3v) is 3.91. The zero-order valence-electron chi connectivity index (χ0n) is 12.7. The normalized spacial score (nSPS) is 16.3. The molecule has 0 saturated heterocycles. The molecule has 112 valence electrons. The van der Waals surface area contributed by atoms with Crippen LogP contribution in [-0.2, 0) is 4.79 Å². The maximum atomic E-state index is 12.7. The third-order valence-electron chi connectivity index (χ3n) is 3.91. The SMILES string of the molecule is CC(=O)Nc1ccc(C(=O)N2CC(C)c3ccccc32)cc1. The Bertz CT molecular complexity index is 722. The van der Waals surface area contributed by atoms with Crippen LogP contribution < -0.4 is 10.2 Å². The predicted molar refractivity (Wildman–Crippen MR) is 87.3 cm³/mol. The van der Waals surface area contributed by atoms with E-state index in [0.29, 0.717) is 23.7 Å². The molecule has 3 rings (SSSR count). The lowest BCUT2D eigenvalue weighted by Gasteiger charge is -2.18. The number of carbonyl (C=O) groups is 2.